The van der Waals surface area contributed by atoms with Crippen molar-refractivity contribution in [2.75, 3.05) is 20.1 Å². The molecule has 0 aliphatic carbocycles. The molecule has 1 aromatic carbocycles. The summed E-state index contributed by atoms with van der Waals surface area (Å²) >= 11 is 0. The Labute approximate surface area is 150 Å². The molecule has 0 bridgehead atoms. The molecule has 138 valence electrons. The minimum atomic E-state index is -0.651. The van der Waals surface area contributed by atoms with Crippen LogP contribution in [0.2, 0.25) is 0 Å². The van der Waals surface area contributed by atoms with E-state index in [4.69, 9.17) is 0 Å². The Morgan fingerprint density at radius 3 is 2.73 bits per heavy atom. The number of hydrogen-bond donors (Lipinski definition) is 2. The third kappa shape index (κ3) is 3.60. The van der Waals surface area contributed by atoms with E-state index in [1.807, 2.05) is 14.0 Å². The van der Waals surface area contributed by atoms with Crippen LogP contribution in [0, 0.1) is 5.82 Å². The van der Waals surface area contributed by atoms with Crippen LogP contribution in [0.25, 0.3) is 0 Å². The first-order chi connectivity index (χ1) is 12.4. The first-order valence-corrected chi connectivity index (χ1v) is 8.41. The molecule has 0 saturated carbocycles. The maximum Gasteiger partial charge on any atom is 0.296 e. The molecule has 0 spiro atoms. The molecule has 1 aromatic heterocycles. The van der Waals surface area contributed by atoms with E-state index in [-0.39, 0.29) is 24.0 Å². The zero-order valence-corrected chi connectivity index (χ0v) is 14.7. The Kier molecular flexibility index (Phi) is 5.03. The molecular weight excluding hydrogens is 339 g/mol. The van der Waals surface area contributed by atoms with Crippen LogP contribution >= 0.6 is 0 Å². The summed E-state index contributed by atoms with van der Waals surface area (Å²) < 4.78 is 14.4. The van der Waals surface area contributed by atoms with E-state index in [1.165, 1.54) is 16.7 Å². The average molecular weight is 360 g/mol. The lowest BCUT2D eigenvalue weighted by Gasteiger charge is -2.16. The first-order valence-electron chi connectivity index (χ1n) is 8.41. The Hall–Kier alpha value is -2.74. The van der Waals surface area contributed by atoms with Crippen molar-refractivity contribution in [2.24, 2.45) is 0 Å². The monoisotopic (exact) mass is 360 g/mol. The number of nitrogens with one attached hydrogen (secondary N) is 1. The van der Waals surface area contributed by atoms with E-state index in [1.54, 1.807) is 12.1 Å². The van der Waals surface area contributed by atoms with Crippen LogP contribution in [0.15, 0.2) is 29.1 Å². The summed E-state index contributed by atoms with van der Waals surface area (Å²) in [4.78, 5) is 31.3. The van der Waals surface area contributed by atoms with Gasteiger partial charge in [0.05, 0.1) is 0 Å². The molecule has 0 saturated heterocycles. The number of carbonyl (C=O) groups excluding carboxylic acids is 1. The van der Waals surface area contributed by atoms with Crippen LogP contribution in [0.4, 0.5) is 4.39 Å². The number of fused-ring (bicyclic) bond motifs is 1. The maximum absolute atomic E-state index is 12.9. The lowest BCUT2D eigenvalue weighted by Crippen LogP contribution is -2.32. The van der Waals surface area contributed by atoms with Crippen molar-refractivity contribution < 1.29 is 14.3 Å². The molecule has 7 nitrogen and oxygen atoms in total. The first kappa shape index (κ1) is 18.1. The van der Waals surface area contributed by atoms with Gasteiger partial charge in [-0.25, -0.2) is 9.37 Å². The number of rotatable bonds is 3. The van der Waals surface area contributed by atoms with Gasteiger partial charge >= 0.3 is 0 Å². The second-order valence-corrected chi connectivity index (χ2v) is 6.60. The van der Waals surface area contributed by atoms with Gasteiger partial charge in [0, 0.05) is 32.1 Å². The highest BCUT2D eigenvalue weighted by atomic mass is 19.1. The van der Waals surface area contributed by atoms with Gasteiger partial charge in [0.25, 0.3) is 11.5 Å². The standard InChI is InChI=1S/C18H21FN4O3/c1-11-10-22(2)7-8-23-16(11)21-14(15(24)18(23)26)17(25)20-9-12-3-5-13(19)6-4-12/h3-6,11,24H,7-10H2,1-2H3,(H,20,25). The molecule has 2 heterocycles. The van der Waals surface area contributed by atoms with Crippen molar-refractivity contribution in [3.8, 4) is 5.75 Å². The number of aromatic nitrogens is 2. The highest BCUT2D eigenvalue weighted by Crippen LogP contribution is 2.20. The number of benzene rings is 1. The summed E-state index contributed by atoms with van der Waals surface area (Å²) in [5.41, 5.74) is -0.190. The summed E-state index contributed by atoms with van der Waals surface area (Å²) in [7, 11) is 1.95. The number of amides is 1. The number of nitrogens with zero attached hydrogens (tertiary/aromatic N) is 3. The molecule has 3 rings (SSSR count). The van der Waals surface area contributed by atoms with Crippen molar-refractivity contribution in [1.82, 2.24) is 19.8 Å². The summed E-state index contributed by atoms with van der Waals surface area (Å²) in [6.45, 7) is 3.84. The number of aromatic hydroxyl groups is 1. The van der Waals surface area contributed by atoms with Gasteiger partial charge in [0.1, 0.15) is 11.6 Å². The van der Waals surface area contributed by atoms with E-state index in [2.05, 4.69) is 15.2 Å². The van der Waals surface area contributed by atoms with Gasteiger partial charge in [-0.3, -0.25) is 14.2 Å². The Morgan fingerprint density at radius 2 is 2.04 bits per heavy atom. The summed E-state index contributed by atoms with van der Waals surface area (Å²) in [5.74, 6) is -1.22. The molecule has 0 fully saturated rings. The second-order valence-electron chi connectivity index (χ2n) is 6.60. The van der Waals surface area contributed by atoms with Crippen LogP contribution in [0.1, 0.15) is 34.7 Å². The van der Waals surface area contributed by atoms with Gasteiger partial charge in [-0.05, 0) is 24.7 Å². The Morgan fingerprint density at radius 1 is 1.35 bits per heavy atom. The Bertz CT molecular complexity index is 879. The van der Waals surface area contributed by atoms with Crippen molar-refractivity contribution in [1.29, 1.82) is 0 Å². The summed E-state index contributed by atoms with van der Waals surface area (Å²) in [6.07, 6.45) is 0. The third-order valence-electron chi connectivity index (χ3n) is 4.49. The third-order valence-corrected chi connectivity index (χ3v) is 4.49. The van der Waals surface area contributed by atoms with Crippen molar-refractivity contribution in [2.45, 2.75) is 25.9 Å². The molecule has 1 amide bonds. The van der Waals surface area contributed by atoms with Crippen LogP contribution in [0.5, 0.6) is 5.75 Å². The highest BCUT2D eigenvalue weighted by Gasteiger charge is 2.26. The Balaban J connectivity index is 1.87. The fraction of sp³-hybridized carbons (Fsp3) is 0.389. The molecule has 1 aliphatic heterocycles. The normalized spacial score (nSPS) is 17.4. The zero-order chi connectivity index (χ0) is 18.8. The van der Waals surface area contributed by atoms with Crippen LogP contribution in [-0.4, -0.2) is 45.6 Å². The van der Waals surface area contributed by atoms with Gasteiger partial charge in [0.2, 0.25) is 5.75 Å². The van der Waals surface area contributed by atoms with Crippen LogP contribution in [0.3, 0.4) is 0 Å². The molecule has 26 heavy (non-hydrogen) atoms. The van der Waals surface area contributed by atoms with E-state index in [0.29, 0.717) is 31.0 Å². The van der Waals surface area contributed by atoms with E-state index in [0.717, 1.165) is 0 Å². The maximum atomic E-state index is 12.9. The lowest BCUT2D eigenvalue weighted by atomic mass is 10.1. The van der Waals surface area contributed by atoms with E-state index >= 15 is 0 Å². The second kappa shape index (κ2) is 7.25. The van der Waals surface area contributed by atoms with Crippen LogP contribution in [-0.2, 0) is 13.1 Å². The molecule has 1 aliphatic rings. The van der Waals surface area contributed by atoms with Crippen molar-refractivity contribution in [3.05, 3.63) is 57.5 Å². The lowest BCUT2D eigenvalue weighted by molar-refractivity contribution is 0.0941. The number of carbonyl (C=O) groups is 1. The fourth-order valence-electron chi connectivity index (χ4n) is 3.09. The smallest absolute Gasteiger partial charge is 0.296 e. The largest absolute Gasteiger partial charge is 0.501 e. The molecule has 8 heteroatoms. The summed E-state index contributed by atoms with van der Waals surface area (Å²) in [6, 6.07) is 5.69. The van der Waals surface area contributed by atoms with Gasteiger partial charge in [-0.1, -0.05) is 19.1 Å². The molecule has 1 atom stereocenters. The van der Waals surface area contributed by atoms with Crippen molar-refractivity contribution >= 4 is 5.91 Å². The van der Waals surface area contributed by atoms with Gasteiger partial charge in [0.15, 0.2) is 5.69 Å². The van der Waals surface area contributed by atoms with Gasteiger partial charge in [-0.2, -0.15) is 0 Å². The molecule has 2 aromatic rings. The fourth-order valence-corrected chi connectivity index (χ4v) is 3.09. The number of halogens is 1. The van der Waals surface area contributed by atoms with Crippen molar-refractivity contribution in [3.63, 3.8) is 0 Å². The molecule has 1 unspecified atom stereocenters. The predicted molar refractivity (Wildman–Crippen MR) is 93.6 cm³/mol. The minimum Gasteiger partial charge on any atom is -0.501 e. The SMILES string of the molecule is CC1CN(C)CCn2c1nc(C(=O)NCc1ccc(F)cc1)c(O)c2=O. The molecule has 2 N–H and O–H groups in total. The highest BCUT2D eigenvalue weighted by molar-refractivity contribution is 5.94. The van der Waals surface area contributed by atoms with Gasteiger partial charge < -0.3 is 15.3 Å². The minimum absolute atomic E-state index is 0.0561. The summed E-state index contributed by atoms with van der Waals surface area (Å²) in [5, 5.41) is 12.8. The topological polar surface area (TPSA) is 87.5 Å². The average Bonchev–Trinajstić information content (AvgIpc) is 2.75. The van der Waals surface area contributed by atoms with E-state index < -0.39 is 17.2 Å². The number of likely N-dealkylation sites (N-methyl/N-ethyl adjacent to an activating group) is 1. The van der Waals surface area contributed by atoms with Crippen LogP contribution < -0.4 is 10.9 Å². The molecule has 0 radical (unpaired) electrons. The number of hydrogen-bond acceptors (Lipinski definition) is 5. The predicted octanol–water partition coefficient (Wildman–Crippen LogP) is 1.07. The van der Waals surface area contributed by atoms with Gasteiger partial charge in [-0.15, -0.1) is 0 Å². The molecular formula is C18H21FN4O3. The van der Waals surface area contributed by atoms with E-state index in [9.17, 15) is 19.1 Å². The zero-order valence-electron chi connectivity index (χ0n) is 14.7. The quantitative estimate of drug-likeness (QED) is 0.855.